The lowest BCUT2D eigenvalue weighted by Crippen LogP contribution is -2.19. The van der Waals surface area contributed by atoms with Crippen molar-refractivity contribution in [3.05, 3.63) is 29.0 Å². The Morgan fingerprint density at radius 2 is 2.12 bits per heavy atom. The van der Waals surface area contributed by atoms with Crippen molar-refractivity contribution >= 4 is 17.2 Å². The molecule has 0 fully saturated rings. The van der Waals surface area contributed by atoms with Crippen LogP contribution in [0.1, 0.15) is 5.69 Å². The molecule has 0 amide bonds. The number of ether oxygens (including phenoxy) is 1. The number of thiazole rings is 1. The van der Waals surface area contributed by atoms with E-state index >= 15 is 0 Å². The molecule has 0 unspecified atom stereocenters. The number of aromatic nitrogens is 3. The molecule has 0 radical (unpaired) electrons. The molecule has 0 saturated heterocycles. The highest BCUT2D eigenvalue weighted by molar-refractivity contribution is 7.07. The third kappa shape index (κ3) is 2.27. The van der Waals surface area contributed by atoms with E-state index in [1.165, 1.54) is 0 Å². The Hall–Kier alpha value is -1.69. The molecule has 6 heteroatoms. The Bertz CT molecular complexity index is 446. The van der Waals surface area contributed by atoms with Crippen LogP contribution in [0.5, 0.6) is 5.88 Å². The first kappa shape index (κ1) is 10.8. The van der Waals surface area contributed by atoms with Crippen molar-refractivity contribution in [2.24, 2.45) is 0 Å². The van der Waals surface area contributed by atoms with E-state index in [2.05, 4.69) is 15.0 Å². The maximum atomic E-state index is 5.15. The molecule has 0 aromatic carbocycles. The van der Waals surface area contributed by atoms with Crippen molar-refractivity contribution < 1.29 is 4.74 Å². The lowest BCUT2D eigenvalue weighted by Gasteiger charge is -2.18. The van der Waals surface area contributed by atoms with Crippen molar-refractivity contribution in [2.75, 3.05) is 19.1 Å². The van der Waals surface area contributed by atoms with Gasteiger partial charge in [0.15, 0.2) is 5.82 Å². The molecule has 2 rings (SSSR count). The molecule has 2 aromatic heterocycles. The lowest BCUT2D eigenvalue weighted by molar-refractivity contribution is 0.395. The summed E-state index contributed by atoms with van der Waals surface area (Å²) in [6, 6.07) is 0. The van der Waals surface area contributed by atoms with E-state index < -0.39 is 0 Å². The quantitative estimate of drug-likeness (QED) is 0.806. The van der Waals surface area contributed by atoms with Gasteiger partial charge in [-0.15, -0.1) is 11.3 Å². The molecule has 0 aliphatic rings. The number of methoxy groups -OCH3 is 1. The molecule has 0 spiro atoms. The molecule has 0 aliphatic heterocycles. The normalized spacial score (nSPS) is 10.1. The van der Waals surface area contributed by atoms with Gasteiger partial charge in [-0.2, -0.15) is 0 Å². The second-order valence-corrected chi connectivity index (χ2v) is 3.94. The van der Waals surface area contributed by atoms with E-state index in [-0.39, 0.29) is 0 Å². The minimum Gasteiger partial charge on any atom is -0.478 e. The second kappa shape index (κ2) is 4.89. The van der Waals surface area contributed by atoms with Gasteiger partial charge in [0.2, 0.25) is 0 Å². The third-order valence-corrected chi connectivity index (χ3v) is 2.72. The van der Waals surface area contributed by atoms with Crippen molar-refractivity contribution in [3.63, 3.8) is 0 Å². The lowest BCUT2D eigenvalue weighted by atomic mass is 10.4. The Morgan fingerprint density at radius 3 is 2.81 bits per heavy atom. The molecule has 0 saturated carbocycles. The van der Waals surface area contributed by atoms with Crippen LogP contribution in [0.15, 0.2) is 23.3 Å². The van der Waals surface area contributed by atoms with Crippen LogP contribution < -0.4 is 9.64 Å². The van der Waals surface area contributed by atoms with Gasteiger partial charge in [0.25, 0.3) is 5.88 Å². The highest BCUT2D eigenvalue weighted by atomic mass is 32.1. The topological polar surface area (TPSA) is 51.1 Å². The third-order valence-electron chi connectivity index (χ3n) is 2.08. The van der Waals surface area contributed by atoms with Gasteiger partial charge in [-0.25, -0.2) is 15.0 Å². The van der Waals surface area contributed by atoms with Gasteiger partial charge in [-0.1, -0.05) is 0 Å². The highest BCUT2D eigenvalue weighted by Crippen LogP contribution is 2.21. The molecule has 84 valence electrons. The molecule has 16 heavy (non-hydrogen) atoms. The number of rotatable bonds is 4. The fraction of sp³-hybridized carbons (Fsp3) is 0.300. The fourth-order valence-electron chi connectivity index (χ4n) is 1.36. The van der Waals surface area contributed by atoms with Crippen molar-refractivity contribution in [1.82, 2.24) is 15.0 Å². The van der Waals surface area contributed by atoms with Gasteiger partial charge < -0.3 is 9.64 Å². The SMILES string of the molecule is COc1nccnc1N(C)Cc1cscn1. The smallest absolute Gasteiger partial charge is 0.257 e. The van der Waals surface area contributed by atoms with E-state index in [4.69, 9.17) is 4.74 Å². The van der Waals surface area contributed by atoms with Crippen LogP contribution in [0.2, 0.25) is 0 Å². The highest BCUT2D eigenvalue weighted by Gasteiger charge is 2.11. The summed E-state index contributed by atoms with van der Waals surface area (Å²) in [6.07, 6.45) is 3.26. The van der Waals surface area contributed by atoms with Crippen molar-refractivity contribution in [3.8, 4) is 5.88 Å². The Balaban J connectivity index is 2.17. The standard InChI is InChI=1S/C10H12N4OS/c1-14(5-8-6-16-7-13-8)9-10(15-2)12-4-3-11-9/h3-4,6-7H,5H2,1-2H3. The summed E-state index contributed by atoms with van der Waals surface area (Å²) >= 11 is 1.58. The van der Waals surface area contributed by atoms with Gasteiger partial charge >= 0.3 is 0 Å². The van der Waals surface area contributed by atoms with Gasteiger partial charge in [-0.3, -0.25) is 0 Å². The first-order valence-corrected chi connectivity index (χ1v) is 5.68. The van der Waals surface area contributed by atoms with Gasteiger partial charge in [0.05, 0.1) is 24.9 Å². The van der Waals surface area contributed by atoms with E-state index in [1.807, 2.05) is 22.8 Å². The first-order chi connectivity index (χ1) is 7.81. The van der Waals surface area contributed by atoms with Crippen LogP contribution in [-0.4, -0.2) is 29.1 Å². The molecule has 2 aromatic rings. The van der Waals surface area contributed by atoms with Crippen molar-refractivity contribution in [2.45, 2.75) is 6.54 Å². The molecule has 0 bridgehead atoms. The molecule has 2 heterocycles. The van der Waals surface area contributed by atoms with E-state index in [1.54, 1.807) is 30.8 Å². The first-order valence-electron chi connectivity index (χ1n) is 4.74. The predicted molar refractivity (Wildman–Crippen MR) is 62.8 cm³/mol. The van der Waals surface area contributed by atoms with Crippen LogP contribution >= 0.6 is 11.3 Å². The summed E-state index contributed by atoms with van der Waals surface area (Å²) in [5.74, 6) is 1.25. The largest absolute Gasteiger partial charge is 0.478 e. The Morgan fingerprint density at radius 1 is 1.31 bits per heavy atom. The Labute approximate surface area is 97.8 Å². The van der Waals surface area contributed by atoms with E-state index in [9.17, 15) is 0 Å². The van der Waals surface area contributed by atoms with Crippen LogP contribution in [0.25, 0.3) is 0 Å². The van der Waals surface area contributed by atoms with Gasteiger partial charge in [-0.05, 0) is 0 Å². The minimum atomic E-state index is 0.528. The summed E-state index contributed by atoms with van der Waals surface area (Å²) in [7, 11) is 3.52. The molecule has 0 aliphatic carbocycles. The average molecular weight is 236 g/mol. The zero-order valence-corrected chi connectivity index (χ0v) is 9.94. The fourth-order valence-corrected chi connectivity index (χ4v) is 1.91. The molecule has 5 nitrogen and oxygen atoms in total. The van der Waals surface area contributed by atoms with E-state index in [0.29, 0.717) is 12.4 Å². The summed E-state index contributed by atoms with van der Waals surface area (Å²) < 4.78 is 5.15. The summed E-state index contributed by atoms with van der Waals surface area (Å²) in [5, 5.41) is 2.01. The minimum absolute atomic E-state index is 0.528. The molecular weight excluding hydrogens is 224 g/mol. The maximum Gasteiger partial charge on any atom is 0.257 e. The monoisotopic (exact) mass is 236 g/mol. The Kier molecular flexibility index (Phi) is 3.31. The predicted octanol–water partition coefficient (Wildman–Crippen LogP) is 1.58. The average Bonchev–Trinajstić information content (AvgIpc) is 2.81. The van der Waals surface area contributed by atoms with Gasteiger partial charge in [0, 0.05) is 24.8 Å². The van der Waals surface area contributed by atoms with Crippen molar-refractivity contribution in [1.29, 1.82) is 0 Å². The van der Waals surface area contributed by atoms with E-state index in [0.717, 1.165) is 11.5 Å². The number of hydrogen-bond donors (Lipinski definition) is 0. The van der Waals surface area contributed by atoms with Gasteiger partial charge in [0.1, 0.15) is 0 Å². The number of anilines is 1. The second-order valence-electron chi connectivity index (χ2n) is 3.23. The summed E-state index contributed by atoms with van der Waals surface area (Å²) in [4.78, 5) is 14.5. The zero-order chi connectivity index (χ0) is 11.4. The van der Waals surface area contributed by atoms with Crippen LogP contribution in [0, 0.1) is 0 Å². The maximum absolute atomic E-state index is 5.15. The molecule has 0 atom stereocenters. The zero-order valence-electron chi connectivity index (χ0n) is 9.12. The summed E-state index contributed by atoms with van der Waals surface area (Å²) in [5.41, 5.74) is 2.83. The van der Waals surface area contributed by atoms with Crippen LogP contribution in [0.4, 0.5) is 5.82 Å². The number of nitrogens with zero attached hydrogens (tertiary/aromatic N) is 4. The van der Waals surface area contributed by atoms with Crippen LogP contribution in [-0.2, 0) is 6.54 Å². The molecular formula is C10H12N4OS. The van der Waals surface area contributed by atoms with Crippen LogP contribution in [0.3, 0.4) is 0 Å². The number of hydrogen-bond acceptors (Lipinski definition) is 6. The molecule has 0 N–H and O–H groups in total. The summed E-state index contributed by atoms with van der Waals surface area (Å²) in [6.45, 7) is 0.693.